The van der Waals surface area contributed by atoms with Gasteiger partial charge in [0.15, 0.2) is 23.1 Å². The van der Waals surface area contributed by atoms with Crippen LogP contribution in [0.25, 0.3) is 22.4 Å². The molecule has 0 aromatic carbocycles. The van der Waals surface area contributed by atoms with Crippen LogP contribution in [0.1, 0.15) is 32.1 Å². The summed E-state index contributed by atoms with van der Waals surface area (Å²) in [6.07, 6.45) is 10.2. The van der Waals surface area contributed by atoms with Gasteiger partial charge in [0.05, 0.1) is 17.3 Å². The van der Waals surface area contributed by atoms with Crippen LogP contribution in [0.2, 0.25) is 5.02 Å². The molecule has 2 atom stereocenters. The quantitative estimate of drug-likeness (QED) is 0.564. The van der Waals surface area contributed by atoms with E-state index in [9.17, 15) is 4.39 Å². The van der Waals surface area contributed by atoms with E-state index in [0.29, 0.717) is 33.5 Å². The van der Waals surface area contributed by atoms with Crippen LogP contribution in [0, 0.1) is 5.82 Å². The number of nitrogens with two attached hydrogens (primary N) is 1. The third-order valence-electron chi connectivity index (χ3n) is 6.20. The van der Waals surface area contributed by atoms with Gasteiger partial charge >= 0.3 is 0 Å². The van der Waals surface area contributed by atoms with E-state index in [1.54, 1.807) is 12.3 Å². The molecule has 2 aliphatic rings. The molecule has 0 bridgehead atoms. The lowest BCUT2D eigenvalue weighted by atomic mass is 10.0. The summed E-state index contributed by atoms with van der Waals surface area (Å²) in [6.45, 7) is 3.66. The van der Waals surface area contributed by atoms with E-state index in [1.165, 1.54) is 23.5 Å². The highest BCUT2D eigenvalue weighted by Gasteiger charge is 2.25. The molecule has 3 aromatic rings. The van der Waals surface area contributed by atoms with Crippen LogP contribution in [-0.2, 0) is 4.74 Å². The van der Waals surface area contributed by atoms with Crippen molar-refractivity contribution in [2.45, 2.75) is 44.2 Å². The molecule has 0 aliphatic carbocycles. The van der Waals surface area contributed by atoms with Gasteiger partial charge in [-0.15, -0.1) is 0 Å². The lowest BCUT2D eigenvalue weighted by Crippen LogP contribution is -2.46. The molecule has 5 rings (SSSR count). The van der Waals surface area contributed by atoms with E-state index in [4.69, 9.17) is 22.2 Å². The van der Waals surface area contributed by atoms with Gasteiger partial charge in [-0.25, -0.2) is 19.3 Å². The van der Waals surface area contributed by atoms with Crippen LogP contribution in [0.4, 0.5) is 10.2 Å². The summed E-state index contributed by atoms with van der Waals surface area (Å²) in [7, 11) is 0. The van der Waals surface area contributed by atoms with Crippen molar-refractivity contribution in [3.8, 4) is 11.4 Å². The molecule has 32 heavy (non-hydrogen) atoms. The zero-order valence-corrected chi connectivity index (χ0v) is 18.6. The number of rotatable bonds is 5. The van der Waals surface area contributed by atoms with Crippen molar-refractivity contribution < 1.29 is 9.13 Å². The summed E-state index contributed by atoms with van der Waals surface area (Å²) in [5.41, 5.74) is 1.21. The first-order valence-electron chi connectivity index (χ1n) is 11.1. The van der Waals surface area contributed by atoms with E-state index in [-0.39, 0.29) is 11.9 Å². The van der Waals surface area contributed by atoms with Crippen LogP contribution in [0.15, 0.2) is 24.7 Å². The Morgan fingerprint density at radius 1 is 1.22 bits per heavy atom. The normalized spacial score (nSPS) is 22.3. The van der Waals surface area contributed by atoms with Crippen LogP contribution >= 0.6 is 11.6 Å². The standard InChI is InChI=1S/C22H27ClFN7O/c23-14-8-17-18(13-31(25)22(17)27-9-14)20-26-10-19(24)21(29-20)28-15-4-3-6-30(11-15)12-16-5-1-2-7-32-16/h8-10,13,15-16H,1-7,11-12,25H2,(H,26,28,29)/t15-,16?/m0/s1. The van der Waals surface area contributed by atoms with E-state index in [2.05, 4.69) is 25.2 Å². The van der Waals surface area contributed by atoms with Crippen molar-refractivity contribution >= 4 is 28.5 Å². The SMILES string of the molecule is Nn1cc(-c2ncc(F)c(N[C@H]3CCCN(CC4CCCCO4)C3)n2)c2cc(Cl)cnc21. The number of hydrogen-bond acceptors (Lipinski definition) is 7. The van der Waals surface area contributed by atoms with Gasteiger partial charge in [0.1, 0.15) is 0 Å². The molecular weight excluding hydrogens is 433 g/mol. The minimum absolute atomic E-state index is 0.108. The Bertz CT molecular complexity index is 1100. The predicted octanol–water partition coefficient (Wildman–Crippen LogP) is 3.45. The lowest BCUT2D eigenvalue weighted by molar-refractivity contribution is -0.00932. The number of piperidine rings is 1. The molecule has 2 saturated heterocycles. The Labute approximate surface area is 190 Å². The van der Waals surface area contributed by atoms with Crippen molar-refractivity contribution in [2.75, 3.05) is 37.4 Å². The summed E-state index contributed by atoms with van der Waals surface area (Å²) in [5, 5.41) is 4.50. The smallest absolute Gasteiger partial charge is 0.183 e. The number of halogens is 2. The molecule has 3 aromatic heterocycles. The minimum Gasteiger partial charge on any atom is -0.377 e. The molecule has 8 nitrogen and oxygen atoms in total. The number of hydrogen-bond donors (Lipinski definition) is 2. The maximum absolute atomic E-state index is 14.6. The maximum Gasteiger partial charge on any atom is 0.183 e. The Morgan fingerprint density at radius 2 is 2.12 bits per heavy atom. The molecule has 0 saturated carbocycles. The summed E-state index contributed by atoms with van der Waals surface area (Å²) in [4.78, 5) is 15.4. The number of anilines is 1. The topological polar surface area (TPSA) is 94.1 Å². The van der Waals surface area contributed by atoms with E-state index in [1.807, 2.05) is 0 Å². The zero-order chi connectivity index (χ0) is 22.1. The van der Waals surface area contributed by atoms with Crippen LogP contribution in [-0.4, -0.2) is 62.9 Å². The molecule has 1 unspecified atom stereocenters. The number of fused-ring (bicyclic) bond motifs is 1. The fraction of sp³-hybridized carbons (Fsp3) is 0.500. The van der Waals surface area contributed by atoms with Gasteiger partial charge in [-0.3, -0.25) is 9.58 Å². The number of pyridine rings is 1. The average molecular weight is 460 g/mol. The molecule has 0 radical (unpaired) electrons. The van der Waals surface area contributed by atoms with E-state index in [0.717, 1.165) is 51.9 Å². The lowest BCUT2D eigenvalue weighted by Gasteiger charge is -2.36. The molecule has 0 amide bonds. The Balaban J connectivity index is 1.34. The molecule has 2 aliphatic heterocycles. The second kappa shape index (κ2) is 9.17. The minimum atomic E-state index is -0.478. The Morgan fingerprint density at radius 3 is 2.97 bits per heavy atom. The van der Waals surface area contributed by atoms with Crippen LogP contribution < -0.4 is 11.2 Å². The number of aromatic nitrogens is 4. The summed E-state index contributed by atoms with van der Waals surface area (Å²) >= 11 is 6.12. The highest BCUT2D eigenvalue weighted by atomic mass is 35.5. The third kappa shape index (κ3) is 4.51. The number of likely N-dealkylation sites (tertiary alicyclic amines) is 1. The molecule has 2 fully saturated rings. The first-order valence-corrected chi connectivity index (χ1v) is 11.5. The summed E-state index contributed by atoms with van der Waals surface area (Å²) < 4.78 is 21.9. The first-order chi connectivity index (χ1) is 15.6. The predicted molar refractivity (Wildman–Crippen MR) is 123 cm³/mol. The second-order valence-electron chi connectivity index (χ2n) is 8.60. The van der Waals surface area contributed by atoms with Crippen molar-refractivity contribution in [2.24, 2.45) is 0 Å². The van der Waals surface area contributed by atoms with Gasteiger partial charge in [-0.1, -0.05) is 11.6 Å². The zero-order valence-electron chi connectivity index (χ0n) is 17.8. The number of nitrogens with one attached hydrogen (secondary N) is 1. The largest absolute Gasteiger partial charge is 0.377 e. The van der Waals surface area contributed by atoms with Gasteiger partial charge in [0, 0.05) is 49.1 Å². The van der Waals surface area contributed by atoms with E-state index < -0.39 is 5.82 Å². The van der Waals surface area contributed by atoms with Gasteiger partial charge in [0.2, 0.25) is 0 Å². The number of ether oxygens (including phenoxy) is 1. The van der Waals surface area contributed by atoms with Gasteiger partial charge < -0.3 is 15.9 Å². The average Bonchev–Trinajstić information content (AvgIpc) is 3.12. The first kappa shape index (κ1) is 21.4. The van der Waals surface area contributed by atoms with Crippen molar-refractivity contribution in [3.63, 3.8) is 0 Å². The Hall–Kier alpha value is -2.49. The molecule has 170 valence electrons. The van der Waals surface area contributed by atoms with Crippen molar-refractivity contribution in [1.29, 1.82) is 0 Å². The molecule has 10 heteroatoms. The monoisotopic (exact) mass is 459 g/mol. The van der Waals surface area contributed by atoms with Gasteiger partial charge in [-0.05, 0) is 44.7 Å². The molecule has 0 spiro atoms. The van der Waals surface area contributed by atoms with Crippen LogP contribution in [0.3, 0.4) is 0 Å². The number of nitrogen functional groups attached to an aromatic ring is 1. The maximum atomic E-state index is 14.6. The second-order valence-corrected chi connectivity index (χ2v) is 9.03. The molecule has 5 heterocycles. The van der Waals surface area contributed by atoms with Gasteiger partial charge in [-0.2, -0.15) is 0 Å². The molecule has 3 N–H and O–H groups in total. The van der Waals surface area contributed by atoms with Gasteiger partial charge in [0.25, 0.3) is 0 Å². The van der Waals surface area contributed by atoms with E-state index >= 15 is 0 Å². The summed E-state index contributed by atoms with van der Waals surface area (Å²) in [5.74, 6) is 6.11. The van der Waals surface area contributed by atoms with Crippen LogP contribution in [0.5, 0.6) is 0 Å². The third-order valence-corrected chi connectivity index (χ3v) is 6.41. The summed E-state index contributed by atoms with van der Waals surface area (Å²) in [6, 6.07) is 1.87. The molecular formula is C22H27ClFN7O. The highest BCUT2D eigenvalue weighted by molar-refractivity contribution is 6.31. The highest BCUT2D eigenvalue weighted by Crippen LogP contribution is 2.29. The van der Waals surface area contributed by atoms with Crippen molar-refractivity contribution in [3.05, 3.63) is 35.5 Å². The fourth-order valence-corrected chi connectivity index (χ4v) is 4.81. The fourth-order valence-electron chi connectivity index (χ4n) is 4.65. The Kier molecular flexibility index (Phi) is 6.12. The number of nitrogens with zero attached hydrogens (tertiary/aromatic N) is 5. The van der Waals surface area contributed by atoms with Crippen molar-refractivity contribution in [1.82, 2.24) is 24.5 Å².